The minimum atomic E-state index is -0.0154. The zero-order valence-corrected chi connectivity index (χ0v) is 10.1. The van der Waals surface area contributed by atoms with E-state index in [1.807, 2.05) is 10.9 Å². The van der Waals surface area contributed by atoms with Gasteiger partial charge in [0.25, 0.3) is 0 Å². The molecule has 0 bridgehead atoms. The van der Waals surface area contributed by atoms with Crippen LogP contribution in [0.3, 0.4) is 0 Å². The molecule has 2 aliphatic rings. The van der Waals surface area contributed by atoms with Gasteiger partial charge in [-0.1, -0.05) is 5.21 Å². The standard InChI is InChI=1S/C12H20N4O/c17-9-12-8-16(14-13-12)7-11-3-4-15(6-11)5-10-1-2-10/h8,10-11,17H,1-7,9H2. The summed E-state index contributed by atoms with van der Waals surface area (Å²) in [6.07, 6.45) is 5.98. The smallest absolute Gasteiger partial charge is 0.108 e. The molecule has 1 atom stereocenters. The Morgan fingerprint density at radius 3 is 2.82 bits per heavy atom. The maximum atomic E-state index is 8.94. The van der Waals surface area contributed by atoms with E-state index in [1.165, 1.54) is 38.9 Å². The number of hydrogen-bond acceptors (Lipinski definition) is 4. The summed E-state index contributed by atoms with van der Waals surface area (Å²) < 4.78 is 1.87. The molecular formula is C12H20N4O. The highest BCUT2D eigenvalue weighted by molar-refractivity contribution is 4.90. The molecule has 1 unspecified atom stereocenters. The van der Waals surface area contributed by atoms with Crippen molar-refractivity contribution in [2.75, 3.05) is 19.6 Å². The summed E-state index contributed by atoms with van der Waals surface area (Å²) in [7, 11) is 0. The third-order valence-electron chi connectivity index (χ3n) is 3.78. The van der Waals surface area contributed by atoms with Gasteiger partial charge in [0.2, 0.25) is 0 Å². The molecule has 94 valence electrons. The second kappa shape index (κ2) is 4.74. The summed E-state index contributed by atoms with van der Waals surface area (Å²) in [4.78, 5) is 2.59. The summed E-state index contributed by atoms with van der Waals surface area (Å²) in [6.45, 7) is 4.66. The zero-order valence-electron chi connectivity index (χ0n) is 10.1. The summed E-state index contributed by atoms with van der Waals surface area (Å²) >= 11 is 0. The maximum Gasteiger partial charge on any atom is 0.108 e. The van der Waals surface area contributed by atoms with E-state index < -0.39 is 0 Å². The highest BCUT2D eigenvalue weighted by atomic mass is 16.3. The number of hydrogen-bond donors (Lipinski definition) is 1. The van der Waals surface area contributed by atoms with E-state index in [0.717, 1.165) is 12.5 Å². The molecule has 0 spiro atoms. The van der Waals surface area contributed by atoms with Crippen molar-refractivity contribution in [3.05, 3.63) is 11.9 Å². The topological polar surface area (TPSA) is 54.2 Å². The number of rotatable bonds is 5. The highest BCUT2D eigenvalue weighted by Gasteiger charge is 2.29. The van der Waals surface area contributed by atoms with Crippen LogP contribution in [0.15, 0.2) is 6.20 Å². The molecule has 1 aliphatic heterocycles. The SMILES string of the molecule is OCc1cn(CC2CCN(CC3CC3)C2)nn1. The van der Waals surface area contributed by atoms with E-state index in [1.54, 1.807) is 0 Å². The summed E-state index contributed by atoms with van der Waals surface area (Å²) in [5.41, 5.74) is 0.665. The molecule has 2 heterocycles. The zero-order chi connectivity index (χ0) is 11.7. The Bertz CT molecular complexity index is 374. The van der Waals surface area contributed by atoms with Gasteiger partial charge >= 0.3 is 0 Å². The second-order valence-corrected chi connectivity index (χ2v) is 5.45. The minimum absolute atomic E-state index is 0.0154. The first-order valence-corrected chi connectivity index (χ1v) is 6.55. The van der Waals surface area contributed by atoms with Gasteiger partial charge in [-0.05, 0) is 37.6 Å². The van der Waals surface area contributed by atoms with E-state index in [9.17, 15) is 0 Å². The van der Waals surface area contributed by atoms with Gasteiger partial charge in [0.1, 0.15) is 5.69 Å². The van der Waals surface area contributed by atoms with Gasteiger partial charge in [-0.3, -0.25) is 4.68 Å². The molecule has 5 nitrogen and oxygen atoms in total. The first-order chi connectivity index (χ1) is 8.33. The lowest BCUT2D eigenvalue weighted by atomic mass is 10.1. The molecule has 0 amide bonds. The Hall–Kier alpha value is -0.940. The third-order valence-corrected chi connectivity index (χ3v) is 3.78. The van der Waals surface area contributed by atoms with Crippen molar-refractivity contribution >= 4 is 0 Å². The Kier molecular flexibility index (Phi) is 3.11. The van der Waals surface area contributed by atoms with Gasteiger partial charge in [-0.15, -0.1) is 5.10 Å². The Labute approximate surface area is 101 Å². The predicted octanol–water partition coefficient (Wildman–Crippen LogP) is 0.502. The molecule has 0 aromatic carbocycles. The van der Waals surface area contributed by atoms with Gasteiger partial charge in [-0.25, -0.2) is 0 Å². The molecule has 1 aliphatic carbocycles. The third kappa shape index (κ3) is 2.84. The number of aromatic nitrogens is 3. The molecule has 1 aromatic heterocycles. The number of aliphatic hydroxyl groups is 1. The Balaban J connectivity index is 1.48. The van der Waals surface area contributed by atoms with E-state index in [-0.39, 0.29) is 6.61 Å². The van der Waals surface area contributed by atoms with E-state index in [4.69, 9.17) is 5.11 Å². The summed E-state index contributed by atoms with van der Waals surface area (Å²) in [5.74, 6) is 1.68. The lowest BCUT2D eigenvalue weighted by molar-refractivity contribution is 0.276. The van der Waals surface area contributed by atoms with Gasteiger partial charge < -0.3 is 10.0 Å². The van der Waals surface area contributed by atoms with Crippen LogP contribution in [-0.4, -0.2) is 44.6 Å². The van der Waals surface area contributed by atoms with Crippen LogP contribution in [0.4, 0.5) is 0 Å². The summed E-state index contributed by atoms with van der Waals surface area (Å²) in [6, 6.07) is 0. The van der Waals surface area contributed by atoms with Crippen LogP contribution in [0.5, 0.6) is 0 Å². The van der Waals surface area contributed by atoms with Crippen molar-refractivity contribution in [3.8, 4) is 0 Å². The van der Waals surface area contributed by atoms with E-state index in [0.29, 0.717) is 11.6 Å². The first-order valence-electron chi connectivity index (χ1n) is 6.55. The van der Waals surface area contributed by atoms with Gasteiger partial charge in [0.05, 0.1) is 12.8 Å². The molecule has 17 heavy (non-hydrogen) atoms. The number of aliphatic hydroxyl groups excluding tert-OH is 1. The number of likely N-dealkylation sites (tertiary alicyclic amines) is 1. The molecule has 1 N–H and O–H groups in total. The van der Waals surface area contributed by atoms with Crippen molar-refractivity contribution in [1.82, 2.24) is 19.9 Å². The fourth-order valence-electron chi connectivity index (χ4n) is 2.66. The second-order valence-electron chi connectivity index (χ2n) is 5.45. The lowest BCUT2D eigenvalue weighted by Crippen LogP contribution is -2.24. The van der Waals surface area contributed by atoms with Crippen LogP contribution >= 0.6 is 0 Å². The molecule has 2 fully saturated rings. The molecule has 1 saturated heterocycles. The van der Waals surface area contributed by atoms with Crippen LogP contribution in [-0.2, 0) is 13.2 Å². The monoisotopic (exact) mass is 236 g/mol. The minimum Gasteiger partial charge on any atom is -0.390 e. The Morgan fingerprint density at radius 2 is 2.12 bits per heavy atom. The van der Waals surface area contributed by atoms with Crippen molar-refractivity contribution in [1.29, 1.82) is 0 Å². The highest BCUT2D eigenvalue weighted by Crippen LogP contribution is 2.31. The van der Waals surface area contributed by atoms with Crippen LogP contribution in [0.25, 0.3) is 0 Å². The quantitative estimate of drug-likeness (QED) is 0.809. The molecule has 3 rings (SSSR count). The normalized spacial score (nSPS) is 25.6. The van der Waals surface area contributed by atoms with Gasteiger partial charge in [-0.2, -0.15) is 0 Å². The molecular weight excluding hydrogens is 216 g/mol. The molecule has 1 saturated carbocycles. The molecule has 0 radical (unpaired) electrons. The van der Waals surface area contributed by atoms with Crippen LogP contribution in [0, 0.1) is 11.8 Å². The van der Waals surface area contributed by atoms with Crippen LogP contribution in [0.1, 0.15) is 25.0 Å². The van der Waals surface area contributed by atoms with Crippen LogP contribution < -0.4 is 0 Å². The number of nitrogens with zero attached hydrogens (tertiary/aromatic N) is 4. The lowest BCUT2D eigenvalue weighted by Gasteiger charge is -2.15. The van der Waals surface area contributed by atoms with Gasteiger partial charge in [0.15, 0.2) is 0 Å². The van der Waals surface area contributed by atoms with Crippen LogP contribution in [0.2, 0.25) is 0 Å². The average Bonchev–Trinajstić information content (AvgIpc) is 2.86. The van der Waals surface area contributed by atoms with E-state index >= 15 is 0 Å². The van der Waals surface area contributed by atoms with Crippen molar-refractivity contribution < 1.29 is 5.11 Å². The fourth-order valence-corrected chi connectivity index (χ4v) is 2.66. The van der Waals surface area contributed by atoms with Gasteiger partial charge in [0, 0.05) is 19.6 Å². The van der Waals surface area contributed by atoms with Crippen molar-refractivity contribution in [2.24, 2.45) is 11.8 Å². The predicted molar refractivity (Wildman–Crippen MR) is 63.2 cm³/mol. The summed E-state index contributed by atoms with van der Waals surface area (Å²) in [5, 5.41) is 16.9. The van der Waals surface area contributed by atoms with Crippen molar-refractivity contribution in [3.63, 3.8) is 0 Å². The largest absolute Gasteiger partial charge is 0.390 e. The average molecular weight is 236 g/mol. The fraction of sp³-hybridized carbons (Fsp3) is 0.833. The molecule has 1 aromatic rings. The maximum absolute atomic E-state index is 8.94. The Morgan fingerprint density at radius 1 is 1.24 bits per heavy atom. The van der Waals surface area contributed by atoms with E-state index in [2.05, 4.69) is 15.2 Å². The first kappa shape index (κ1) is 11.2. The molecule has 5 heteroatoms. The van der Waals surface area contributed by atoms with Crippen molar-refractivity contribution in [2.45, 2.75) is 32.4 Å².